The molecule has 0 fully saturated rings. The minimum absolute atomic E-state index is 0.0278. The molecule has 32 heavy (non-hydrogen) atoms. The van der Waals surface area contributed by atoms with Crippen LogP contribution in [0.5, 0.6) is 0 Å². The number of amides is 2. The third kappa shape index (κ3) is 3.80. The molecule has 1 aliphatic heterocycles. The van der Waals surface area contributed by atoms with Crippen molar-refractivity contribution in [2.24, 2.45) is 0 Å². The number of sulfone groups is 1. The molecular weight excluding hydrogens is 428 g/mol. The zero-order chi connectivity index (χ0) is 23.0. The Labute approximate surface area is 185 Å². The van der Waals surface area contributed by atoms with E-state index < -0.39 is 21.5 Å². The SMILES string of the molecule is Cc1ccc(NC(=O)CN(C)C(=O)c2ccc3c(c2)S(=O)(=O)c2ccccc2C3=O)cc1. The van der Waals surface area contributed by atoms with Crippen LogP contribution in [0.1, 0.15) is 31.8 Å². The lowest BCUT2D eigenvalue weighted by Gasteiger charge is -2.21. The number of carbonyl (C=O) groups is 3. The lowest BCUT2D eigenvalue weighted by molar-refractivity contribution is -0.116. The first kappa shape index (κ1) is 21.5. The minimum Gasteiger partial charge on any atom is -0.332 e. The van der Waals surface area contributed by atoms with Crippen LogP contribution in [0, 0.1) is 6.92 Å². The topological polar surface area (TPSA) is 101 Å². The van der Waals surface area contributed by atoms with Crippen molar-refractivity contribution >= 4 is 33.1 Å². The standard InChI is InChI=1S/C24H20N2O5S/c1-15-7-10-17(11-8-15)25-22(27)14-26(2)24(29)16-9-12-19-21(13-16)32(30,31)20-6-4-3-5-18(20)23(19)28/h3-13H,14H2,1-2H3,(H,25,27). The van der Waals surface area contributed by atoms with Gasteiger partial charge in [-0.2, -0.15) is 0 Å². The summed E-state index contributed by atoms with van der Waals surface area (Å²) in [5, 5.41) is 2.71. The number of ketones is 1. The van der Waals surface area contributed by atoms with Gasteiger partial charge >= 0.3 is 0 Å². The average Bonchev–Trinajstić information content (AvgIpc) is 2.78. The summed E-state index contributed by atoms with van der Waals surface area (Å²) in [4.78, 5) is 38.8. The highest BCUT2D eigenvalue weighted by Gasteiger charge is 2.35. The van der Waals surface area contributed by atoms with Crippen molar-refractivity contribution in [3.8, 4) is 0 Å². The van der Waals surface area contributed by atoms with Gasteiger partial charge in [0.25, 0.3) is 5.91 Å². The van der Waals surface area contributed by atoms with E-state index in [9.17, 15) is 22.8 Å². The summed E-state index contributed by atoms with van der Waals surface area (Å²) in [7, 11) is -2.50. The molecule has 0 bridgehead atoms. The molecule has 0 saturated heterocycles. The maximum Gasteiger partial charge on any atom is 0.254 e. The number of likely N-dealkylation sites (N-methyl/N-ethyl adjacent to an activating group) is 1. The highest BCUT2D eigenvalue weighted by molar-refractivity contribution is 7.91. The molecular formula is C24H20N2O5S. The first-order chi connectivity index (χ1) is 15.2. The lowest BCUT2D eigenvalue weighted by atomic mass is 10.0. The molecule has 4 rings (SSSR count). The number of nitrogens with one attached hydrogen (secondary N) is 1. The first-order valence-corrected chi connectivity index (χ1v) is 11.3. The second-order valence-electron chi connectivity index (χ2n) is 7.62. The van der Waals surface area contributed by atoms with Crippen LogP contribution in [0.4, 0.5) is 5.69 Å². The molecule has 3 aromatic carbocycles. The van der Waals surface area contributed by atoms with Gasteiger partial charge in [-0.3, -0.25) is 14.4 Å². The number of hydrogen-bond acceptors (Lipinski definition) is 5. The van der Waals surface area contributed by atoms with Crippen molar-refractivity contribution in [3.63, 3.8) is 0 Å². The molecule has 0 atom stereocenters. The number of hydrogen-bond donors (Lipinski definition) is 1. The van der Waals surface area contributed by atoms with Gasteiger partial charge in [0.1, 0.15) is 0 Å². The Hall–Kier alpha value is -3.78. The number of rotatable bonds is 4. The Morgan fingerprint density at radius 3 is 2.28 bits per heavy atom. The molecule has 0 radical (unpaired) electrons. The van der Waals surface area contributed by atoms with E-state index in [0.717, 1.165) is 5.56 Å². The Morgan fingerprint density at radius 1 is 0.906 bits per heavy atom. The summed E-state index contributed by atoms with van der Waals surface area (Å²) < 4.78 is 26.1. The molecule has 2 amide bonds. The first-order valence-electron chi connectivity index (χ1n) is 9.83. The summed E-state index contributed by atoms with van der Waals surface area (Å²) >= 11 is 0. The van der Waals surface area contributed by atoms with E-state index >= 15 is 0 Å². The normalized spacial score (nSPS) is 13.6. The maximum atomic E-state index is 13.0. The van der Waals surface area contributed by atoms with Gasteiger partial charge < -0.3 is 10.2 Å². The molecule has 1 aliphatic rings. The van der Waals surface area contributed by atoms with Gasteiger partial charge in [-0.15, -0.1) is 0 Å². The van der Waals surface area contributed by atoms with Gasteiger partial charge in [0.2, 0.25) is 15.7 Å². The second kappa shape index (κ2) is 8.05. The summed E-state index contributed by atoms with van der Waals surface area (Å²) in [6, 6.07) is 17.2. The summed E-state index contributed by atoms with van der Waals surface area (Å²) in [5.74, 6) is -1.33. The molecule has 0 unspecified atom stereocenters. The van der Waals surface area contributed by atoms with Crippen LogP contribution >= 0.6 is 0 Å². The van der Waals surface area contributed by atoms with Crippen molar-refractivity contribution in [1.82, 2.24) is 4.90 Å². The number of nitrogens with zero attached hydrogens (tertiary/aromatic N) is 1. The summed E-state index contributed by atoms with van der Waals surface area (Å²) in [6.07, 6.45) is 0. The number of benzene rings is 3. The molecule has 0 spiro atoms. The van der Waals surface area contributed by atoms with Gasteiger partial charge in [0.05, 0.1) is 16.3 Å². The number of carbonyl (C=O) groups excluding carboxylic acids is 3. The van der Waals surface area contributed by atoms with Gasteiger partial charge in [-0.1, -0.05) is 29.8 Å². The molecule has 1 heterocycles. The fourth-order valence-electron chi connectivity index (χ4n) is 3.56. The number of aryl methyl sites for hydroxylation is 1. The Kier molecular flexibility index (Phi) is 5.40. The van der Waals surface area contributed by atoms with E-state index in [0.29, 0.717) is 5.69 Å². The fraction of sp³-hybridized carbons (Fsp3) is 0.125. The van der Waals surface area contributed by atoms with Gasteiger partial charge in [-0.05, 0) is 49.4 Å². The van der Waals surface area contributed by atoms with Crippen molar-refractivity contribution in [3.05, 3.63) is 89.0 Å². The second-order valence-corrected chi connectivity index (χ2v) is 9.50. The van der Waals surface area contributed by atoms with Gasteiger partial charge in [0, 0.05) is 29.4 Å². The molecule has 0 aromatic heterocycles. The van der Waals surface area contributed by atoms with Crippen molar-refractivity contribution < 1.29 is 22.8 Å². The lowest BCUT2D eigenvalue weighted by Crippen LogP contribution is -2.35. The van der Waals surface area contributed by atoms with Crippen molar-refractivity contribution in [1.29, 1.82) is 0 Å². The third-order valence-electron chi connectivity index (χ3n) is 5.25. The zero-order valence-electron chi connectivity index (χ0n) is 17.5. The van der Waals surface area contributed by atoms with Crippen LogP contribution in [-0.4, -0.2) is 44.5 Å². The molecule has 0 saturated carbocycles. The number of anilines is 1. The van der Waals surface area contributed by atoms with Crippen LogP contribution in [0.15, 0.2) is 76.5 Å². The summed E-state index contributed by atoms with van der Waals surface area (Å²) in [5.41, 5.74) is 1.88. The van der Waals surface area contributed by atoms with Crippen LogP contribution in [0.25, 0.3) is 0 Å². The summed E-state index contributed by atoms with van der Waals surface area (Å²) in [6.45, 7) is 1.71. The largest absolute Gasteiger partial charge is 0.332 e. The van der Waals surface area contributed by atoms with Crippen LogP contribution in [0.3, 0.4) is 0 Å². The van der Waals surface area contributed by atoms with E-state index in [2.05, 4.69) is 5.32 Å². The van der Waals surface area contributed by atoms with Crippen LogP contribution < -0.4 is 5.32 Å². The monoisotopic (exact) mass is 448 g/mol. The van der Waals surface area contributed by atoms with Crippen molar-refractivity contribution in [2.45, 2.75) is 16.7 Å². The van der Waals surface area contributed by atoms with Crippen LogP contribution in [0.2, 0.25) is 0 Å². The Balaban J connectivity index is 1.56. The Bertz CT molecular complexity index is 1360. The molecule has 162 valence electrons. The minimum atomic E-state index is -3.95. The molecule has 8 heteroatoms. The van der Waals surface area contributed by atoms with Gasteiger partial charge in [0.15, 0.2) is 5.78 Å². The number of fused-ring (bicyclic) bond motifs is 2. The van der Waals surface area contributed by atoms with E-state index in [-0.39, 0.29) is 38.9 Å². The quantitative estimate of drug-likeness (QED) is 0.517. The Morgan fingerprint density at radius 2 is 1.56 bits per heavy atom. The fourth-order valence-corrected chi connectivity index (χ4v) is 5.24. The molecule has 1 N–H and O–H groups in total. The van der Waals surface area contributed by atoms with E-state index in [1.165, 1.54) is 42.3 Å². The van der Waals surface area contributed by atoms with Gasteiger partial charge in [-0.25, -0.2) is 8.42 Å². The molecule has 7 nitrogen and oxygen atoms in total. The molecule has 0 aliphatic carbocycles. The smallest absolute Gasteiger partial charge is 0.254 e. The third-order valence-corrected chi connectivity index (χ3v) is 7.10. The van der Waals surface area contributed by atoms with Crippen LogP contribution in [-0.2, 0) is 14.6 Å². The van der Waals surface area contributed by atoms with E-state index in [1.807, 2.05) is 19.1 Å². The zero-order valence-corrected chi connectivity index (χ0v) is 18.3. The predicted octanol–water partition coefficient (Wildman–Crippen LogP) is 3.08. The van der Waals surface area contributed by atoms with Crippen molar-refractivity contribution in [2.75, 3.05) is 18.9 Å². The van der Waals surface area contributed by atoms with E-state index in [1.54, 1.807) is 24.3 Å². The highest BCUT2D eigenvalue weighted by Crippen LogP contribution is 2.34. The maximum absolute atomic E-state index is 13.0. The average molecular weight is 449 g/mol. The van der Waals surface area contributed by atoms with E-state index in [4.69, 9.17) is 0 Å². The highest BCUT2D eigenvalue weighted by atomic mass is 32.2. The molecule has 3 aromatic rings. The predicted molar refractivity (Wildman–Crippen MR) is 119 cm³/mol.